The molecule has 0 bridgehead atoms. The predicted octanol–water partition coefficient (Wildman–Crippen LogP) is 2.06. The molecular weight excluding hydrogens is 260 g/mol. The van der Waals surface area contributed by atoms with Gasteiger partial charge in [-0.15, -0.1) is 20.4 Å². The Hall–Kier alpha value is -2.55. The van der Waals surface area contributed by atoms with Crippen molar-refractivity contribution in [1.82, 2.24) is 10.2 Å². The number of aromatic carboxylic acids is 1. The summed E-state index contributed by atoms with van der Waals surface area (Å²) in [6, 6.07) is 1.90. The molecule has 1 aromatic heterocycles. The first-order valence-corrected chi connectivity index (χ1v) is 5.43. The van der Waals surface area contributed by atoms with E-state index >= 15 is 0 Å². The molecule has 0 radical (unpaired) electrons. The summed E-state index contributed by atoms with van der Waals surface area (Å²) < 4.78 is 0. The summed E-state index contributed by atoms with van der Waals surface area (Å²) in [4.78, 5) is 10.8. The van der Waals surface area contributed by atoms with Crippen LogP contribution in [0.15, 0.2) is 27.9 Å². The van der Waals surface area contributed by atoms with Gasteiger partial charge >= 0.3 is 5.97 Å². The molecule has 3 N–H and O–H groups in total. The Morgan fingerprint density at radius 3 is 2.61 bits per heavy atom. The van der Waals surface area contributed by atoms with E-state index in [2.05, 4.69) is 20.4 Å². The van der Waals surface area contributed by atoms with E-state index in [0.29, 0.717) is 0 Å². The van der Waals surface area contributed by atoms with Crippen molar-refractivity contribution in [2.75, 3.05) is 0 Å². The number of nitrogens with zero attached hydrogens (tertiary/aromatic N) is 4. The van der Waals surface area contributed by atoms with Crippen LogP contribution >= 0.6 is 11.3 Å². The highest BCUT2D eigenvalue weighted by Crippen LogP contribution is 2.34. The summed E-state index contributed by atoms with van der Waals surface area (Å²) in [5.41, 5.74) is 0.993. The summed E-state index contributed by atoms with van der Waals surface area (Å²) >= 11 is 1.13. The van der Waals surface area contributed by atoms with Gasteiger partial charge in [-0.05, 0) is 6.07 Å². The second kappa shape index (κ2) is 4.75. The molecule has 0 unspecified atom stereocenters. The average Bonchev–Trinajstić information content (AvgIpc) is 2.80. The lowest BCUT2D eigenvalue weighted by Gasteiger charge is -2.02. The second-order valence-corrected chi connectivity index (χ2v) is 3.90. The van der Waals surface area contributed by atoms with Gasteiger partial charge in [-0.2, -0.15) is 0 Å². The molecule has 0 saturated heterocycles. The second-order valence-electron chi connectivity index (χ2n) is 3.08. The van der Waals surface area contributed by atoms with Crippen LogP contribution in [0.4, 0.5) is 10.8 Å². The van der Waals surface area contributed by atoms with E-state index in [1.54, 1.807) is 0 Å². The number of aromatic nitrogens is 2. The molecule has 0 aliphatic carbocycles. The van der Waals surface area contributed by atoms with Crippen LogP contribution in [0.25, 0.3) is 0 Å². The van der Waals surface area contributed by atoms with Crippen LogP contribution < -0.4 is 0 Å². The molecule has 0 atom stereocenters. The lowest BCUT2D eigenvalue weighted by molar-refractivity contribution is 0.0694. The Balaban J connectivity index is 2.39. The zero-order valence-corrected chi connectivity index (χ0v) is 9.50. The lowest BCUT2D eigenvalue weighted by atomic mass is 10.1. The molecule has 0 amide bonds. The maximum absolute atomic E-state index is 10.8. The fourth-order valence-corrected chi connectivity index (χ4v) is 1.50. The van der Waals surface area contributed by atoms with Crippen LogP contribution in [0, 0.1) is 0 Å². The van der Waals surface area contributed by atoms with E-state index in [1.807, 2.05) is 0 Å². The van der Waals surface area contributed by atoms with Crippen LogP contribution in [0.2, 0.25) is 0 Å². The first kappa shape index (κ1) is 11.9. The van der Waals surface area contributed by atoms with Gasteiger partial charge in [-0.1, -0.05) is 11.3 Å². The number of carbonyl (C=O) groups is 1. The molecule has 92 valence electrons. The number of hydrogen-bond donors (Lipinski definition) is 3. The van der Waals surface area contributed by atoms with Crippen molar-refractivity contribution in [2.45, 2.75) is 0 Å². The highest BCUT2D eigenvalue weighted by molar-refractivity contribution is 7.13. The van der Waals surface area contributed by atoms with Gasteiger partial charge in [0.15, 0.2) is 0 Å². The van der Waals surface area contributed by atoms with Gasteiger partial charge < -0.3 is 15.3 Å². The zero-order valence-electron chi connectivity index (χ0n) is 8.68. The summed E-state index contributed by atoms with van der Waals surface area (Å²) in [6.07, 6.45) is 0. The van der Waals surface area contributed by atoms with E-state index in [0.717, 1.165) is 23.5 Å². The van der Waals surface area contributed by atoms with Gasteiger partial charge in [0.05, 0.1) is 0 Å². The van der Waals surface area contributed by atoms with Crippen molar-refractivity contribution in [1.29, 1.82) is 0 Å². The van der Waals surface area contributed by atoms with Gasteiger partial charge in [0.25, 0.3) is 5.13 Å². The molecular formula is C9H6N4O4S. The Morgan fingerprint density at radius 1 is 1.22 bits per heavy atom. The molecule has 1 aromatic carbocycles. The molecule has 2 aromatic rings. The lowest BCUT2D eigenvalue weighted by Crippen LogP contribution is -1.96. The minimum atomic E-state index is -1.33. The number of benzene rings is 1. The Bertz CT molecular complexity index is 611. The number of carboxylic acids is 1. The number of azo groups is 1. The van der Waals surface area contributed by atoms with Crippen LogP contribution in [0.3, 0.4) is 0 Å². The van der Waals surface area contributed by atoms with Gasteiger partial charge in [-0.25, -0.2) is 4.79 Å². The minimum Gasteiger partial charge on any atom is -0.507 e. The molecule has 0 spiro atoms. The number of phenolic OH excluding ortho intramolecular Hbond substituents is 1. The number of aromatic hydroxyl groups is 2. The van der Waals surface area contributed by atoms with Crippen LogP contribution in [-0.2, 0) is 0 Å². The molecule has 1 heterocycles. The van der Waals surface area contributed by atoms with Crippen LogP contribution in [-0.4, -0.2) is 31.5 Å². The first-order chi connectivity index (χ1) is 8.58. The summed E-state index contributed by atoms with van der Waals surface area (Å²) in [7, 11) is 0. The van der Waals surface area contributed by atoms with E-state index in [4.69, 9.17) is 5.11 Å². The Morgan fingerprint density at radius 2 is 2.00 bits per heavy atom. The number of phenols is 2. The molecule has 8 nitrogen and oxygen atoms in total. The monoisotopic (exact) mass is 266 g/mol. The molecule has 0 aliphatic rings. The zero-order chi connectivity index (χ0) is 13.1. The van der Waals surface area contributed by atoms with Crippen molar-refractivity contribution < 1.29 is 20.1 Å². The van der Waals surface area contributed by atoms with Crippen molar-refractivity contribution in [3.05, 3.63) is 23.2 Å². The van der Waals surface area contributed by atoms with Gasteiger partial charge in [-0.3, -0.25) is 0 Å². The Labute approximate surface area is 104 Å². The van der Waals surface area contributed by atoms with Gasteiger partial charge in [0, 0.05) is 6.07 Å². The third-order valence-electron chi connectivity index (χ3n) is 1.92. The third-order valence-corrected chi connectivity index (χ3v) is 2.49. The van der Waals surface area contributed by atoms with E-state index in [1.165, 1.54) is 5.51 Å². The maximum Gasteiger partial charge on any atom is 0.339 e. The van der Waals surface area contributed by atoms with Crippen molar-refractivity contribution in [3.8, 4) is 11.5 Å². The predicted molar refractivity (Wildman–Crippen MR) is 60.8 cm³/mol. The van der Waals surface area contributed by atoms with E-state index in [9.17, 15) is 15.0 Å². The van der Waals surface area contributed by atoms with Crippen LogP contribution in [0.5, 0.6) is 11.5 Å². The van der Waals surface area contributed by atoms with Crippen molar-refractivity contribution in [3.63, 3.8) is 0 Å². The highest BCUT2D eigenvalue weighted by atomic mass is 32.1. The number of rotatable bonds is 3. The van der Waals surface area contributed by atoms with Crippen molar-refractivity contribution >= 4 is 28.1 Å². The van der Waals surface area contributed by atoms with Crippen molar-refractivity contribution in [2.24, 2.45) is 10.2 Å². The van der Waals surface area contributed by atoms with Crippen LogP contribution in [0.1, 0.15) is 10.4 Å². The number of carboxylic acid groups (broad SMARTS) is 1. The smallest absolute Gasteiger partial charge is 0.339 e. The minimum absolute atomic E-state index is 0.0830. The summed E-state index contributed by atoms with van der Waals surface area (Å²) in [6.45, 7) is 0. The largest absolute Gasteiger partial charge is 0.507 e. The molecule has 9 heteroatoms. The standard InChI is InChI=1S/C9H6N4O4S/c14-6-2-7(15)5(1-4(6)8(16)17)11-13-9-12-10-3-18-9/h1-3,14-15H,(H,16,17). The topological polar surface area (TPSA) is 128 Å². The Kier molecular flexibility index (Phi) is 3.15. The first-order valence-electron chi connectivity index (χ1n) is 4.55. The van der Waals surface area contributed by atoms with E-state index in [-0.39, 0.29) is 22.1 Å². The van der Waals surface area contributed by atoms with Gasteiger partial charge in [0.2, 0.25) is 0 Å². The molecule has 0 saturated carbocycles. The molecule has 18 heavy (non-hydrogen) atoms. The fourth-order valence-electron chi connectivity index (χ4n) is 1.12. The normalized spacial score (nSPS) is 10.9. The average molecular weight is 266 g/mol. The third kappa shape index (κ3) is 2.40. The molecule has 0 aliphatic heterocycles. The number of hydrogen-bond acceptors (Lipinski definition) is 8. The van der Waals surface area contributed by atoms with Gasteiger partial charge in [0.1, 0.15) is 28.3 Å². The highest BCUT2D eigenvalue weighted by Gasteiger charge is 2.14. The SMILES string of the molecule is O=C(O)c1cc(N=Nc2nncs2)c(O)cc1O. The fraction of sp³-hybridized carbons (Fsp3) is 0. The molecule has 2 rings (SSSR count). The summed E-state index contributed by atoms with van der Waals surface area (Å²) in [5, 5.41) is 42.3. The quantitative estimate of drug-likeness (QED) is 0.729. The maximum atomic E-state index is 10.8. The van der Waals surface area contributed by atoms with E-state index < -0.39 is 11.7 Å². The summed E-state index contributed by atoms with van der Waals surface area (Å²) in [5.74, 6) is -2.26. The molecule has 0 fully saturated rings.